The highest BCUT2D eigenvalue weighted by Crippen LogP contribution is 2.45. The highest BCUT2D eigenvalue weighted by Gasteiger charge is 2.50. The molecule has 0 bridgehead atoms. The zero-order chi connectivity index (χ0) is 31.3. The minimum Gasteiger partial charge on any atom is -0.481 e. The molecule has 1 aliphatic carbocycles. The number of halogens is 1. The van der Waals surface area contributed by atoms with E-state index in [0.717, 1.165) is 79.2 Å². The maximum absolute atomic E-state index is 14.4. The van der Waals surface area contributed by atoms with Gasteiger partial charge in [0.2, 0.25) is 0 Å². The van der Waals surface area contributed by atoms with Crippen molar-refractivity contribution in [3.63, 3.8) is 0 Å². The molecule has 2 aliphatic rings. The van der Waals surface area contributed by atoms with E-state index in [2.05, 4.69) is 18.3 Å². The minimum atomic E-state index is -0.958. The average molecular weight is 614 g/mol. The Labute approximate surface area is 264 Å². The van der Waals surface area contributed by atoms with Gasteiger partial charge < -0.3 is 15.3 Å². The summed E-state index contributed by atoms with van der Waals surface area (Å²) >= 11 is 6.31. The smallest absolute Gasteiger partial charge is 0.305 e. The van der Waals surface area contributed by atoms with Gasteiger partial charge in [0.05, 0.1) is 12.5 Å². The van der Waals surface area contributed by atoms with Crippen molar-refractivity contribution in [3.8, 4) is 11.1 Å². The van der Waals surface area contributed by atoms with Crippen LogP contribution >= 0.6 is 11.6 Å². The molecule has 2 N–H and O–H groups in total. The summed E-state index contributed by atoms with van der Waals surface area (Å²) in [6.07, 6.45) is 7.43. The fourth-order valence-electron chi connectivity index (χ4n) is 6.51. The lowest BCUT2D eigenvalue weighted by molar-refractivity contribution is -0.137. The molecule has 2 amide bonds. The molecular weight excluding hydrogens is 574 g/mol. The predicted octanol–water partition coefficient (Wildman–Crippen LogP) is 7.74. The van der Waals surface area contributed by atoms with Crippen molar-refractivity contribution in [2.45, 2.75) is 83.3 Å². The molecule has 1 heterocycles. The third kappa shape index (κ3) is 6.88. The monoisotopic (exact) mass is 613 g/mol. The average Bonchev–Trinajstić information content (AvgIpc) is 3.28. The van der Waals surface area contributed by atoms with Gasteiger partial charge in [-0.15, -0.1) is 0 Å². The first-order valence-electron chi connectivity index (χ1n) is 15.6. The Balaban J connectivity index is 1.44. The summed E-state index contributed by atoms with van der Waals surface area (Å²) in [6.45, 7) is 4.24. The van der Waals surface area contributed by atoms with Crippen LogP contribution in [0.25, 0.3) is 11.1 Å². The fraction of sp³-hybridized carbons (Fsp3) is 0.389. The van der Waals surface area contributed by atoms with Gasteiger partial charge in [-0.25, -0.2) is 0 Å². The van der Waals surface area contributed by atoms with E-state index in [-0.39, 0.29) is 30.8 Å². The van der Waals surface area contributed by atoms with Crippen LogP contribution in [0.3, 0.4) is 0 Å². The predicted molar refractivity (Wildman–Crippen MR) is 174 cm³/mol. The minimum absolute atomic E-state index is 0.0464. The number of aryl methyl sites for hydroxylation is 1. The molecule has 1 aliphatic heterocycles. The van der Waals surface area contributed by atoms with Crippen LogP contribution in [0.15, 0.2) is 71.7 Å². The Morgan fingerprint density at radius 2 is 1.66 bits per heavy atom. The number of aliphatic carboxylic acids is 1. The summed E-state index contributed by atoms with van der Waals surface area (Å²) in [5.41, 5.74) is 5.32. The van der Waals surface area contributed by atoms with Crippen molar-refractivity contribution in [2.75, 3.05) is 6.54 Å². The number of hydrogen-bond donors (Lipinski definition) is 2. The van der Waals surface area contributed by atoms with E-state index in [4.69, 9.17) is 21.7 Å². The number of aliphatic imine (C=N–C) groups is 1. The SMILES string of the molecule is CCCCC(c1ccc(C(=O)NCCC(=O)O)cc1)N1C(=O)C(c2ccc(-c3cc(C)cc(Cl)c3)cc2)=NC12CCCCC2. The van der Waals surface area contributed by atoms with E-state index in [0.29, 0.717) is 16.3 Å². The van der Waals surface area contributed by atoms with Crippen LogP contribution in [-0.2, 0) is 9.59 Å². The molecule has 1 unspecified atom stereocenters. The van der Waals surface area contributed by atoms with Gasteiger partial charge in [0.25, 0.3) is 11.8 Å². The van der Waals surface area contributed by atoms with Gasteiger partial charge in [0.15, 0.2) is 0 Å². The largest absolute Gasteiger partial charge is 0.481 e. The van der Waals surface area contributed by atoms with Gasteiger partial charge in [0, 0.05) is 22.7 Å². The third-order valence-corrected chi connectivity index (χ3v) is 8.92. The summed E-state index contributed by atoms with van der Waals surface area (Å²) in [5, 5.41) is 12.2. The van der Waals surface area contributed by atoms with Crippen LogP contribution in [0.5, 0.6) is 0 Å². The van der Waals surface area contributed by atoms with Crippen LogP contribution in [0.4, 0.5) is 0 Å². The topological polar surface area (TPSA) is 99.1 Å². The van der Waals surface area contributed by atoms with Gasteiger partial charge in [0.1, 0.15) is 11.4 Å². The highest BCUT2D eigenvalue weighted by molar-refractivity contribution is 6.46. The normalized spacial score (nSPS) is 16.6. The number of unbranched alkanes of at least 4 members (excludes halogenated alkanes) is 1. The quantitative estimate of drug-likeness (QED) is 0.231. The number of carbonyl (C=O) groups excluding carboxylic acids is 2. The number of nitrogens with zero attached hydrogens (tertiary/aromatic N) is 2. The molecule has 1 fully saturated rings. The first-order valence-corrected chi connectivity index (χ1v) is 16.0. The molecule has 8 heteroatoms. The van der Waals surface area contributed by atoms with E-state index < -0.39 is 11.6 Å². The van der Waals surface area contributed by atoms with Crippen molar-refractivity contribution in [1.29, 1.82) is 0 Å². The number of amides is 2. The summed E-state index contributed by atoms with van der Waals surface area (Å²) in [7, 11) is 0. The van der Waals surface area contributed by atoms with Crippen LogP contribution in [0.2, 0.25) is 5.02 Å². The molecular formula is C36H40ClN3O4. The lowest BCUT2D eigenvalue weighted by Gasteiger charge is -2.44. The molecule has 0 saturated heterocycles. The Hall–Kier alpha value is -3.97. The zero-order valence-electron chi connectivity index (χ0n) is 25.4. The number of carboxylic acids is 1. The van der Waals surface area contributed by atoms with Crippen molar-refractivity contribution in [3.05, 3.63) is 94.0 Å². The first kappa shape index (κ1) is 31.5. The summed E-state index contributed by atoms with van der Waals surface area (Å²) < 4.78 is 0. The number of benzene rings is 3. The van der Waals surface area contributed by atoms with Gasteiger partial charge in [-0.2, -0.15) is 0 Å². The van der Waals surface area contributed by atoms with Crippen molar-refractivity contribution in [1.82, 2.24) is 10.2 Å². The van der Waals surface area contributed by atoms with E-state index >= 15 is 0 Å². The fourth-order valence-corrected chi connectivity index (χ4v) is 6.80. The zero-order valence-corrected chi connectivity index (χ0v) is 26.2. The molecule has 0 aromatic heterocycles. The number of hydrogen-bond acceptors (Lipinski definition) is 4. The standard InChI is InChI=1S/C36H40ClN3O4/c1-3-4-8-31(26-11-15-28(16-12-26)34(43)38-20-17-32(41)42)40-35(44)33(39-36(40)18-6-5-7-19-36)27-13-9-25(10-14-27)29-21-24(2)22-30(37)23-29/h9-16,21-23,31H,3-8,17-20H2,1-2H3,(H,38,43)(H,41,42). The van der Waals surface area contributed by atoms with Gasteiger partial charge in [-0.05, 0) is 85.5 Å². The van der Waals surface area contributed by atoms with Crippen molar-refractivity contribution < 1.29 is 19.5 Å². The van der Waals surface area contributed by atoms with Gasteiger partial charge in [-0.3, -0.25) is 19.4 Å². The summed E-state index contributed by atoms with van der Waals surface area (Å²) in [5.74, 6) is -1.32. The maximum Gasteiger partial charge on any atom is 0.305 e. The van der Waals surface area contributed by atoms with E-state index in [9.17, 15) is 14.4 Å². The molecule has 0 radical (unpaired) electrons. The van der Waals surface area contributed by atoms with E-state index in [1.807, 2.05) is 60.4 Å². The molecule has 3 aromatic rings. The third-order valence-electron chi connectivity index (χ3n) is 8.70. The second kappa shape index (κ2) is 13.8. The van der Waals surface area contributed by atoms with Crippen LogP contribution < -0.4 is 5.32 Å². The maximum atomic E-state index is 14.4. The van der Waals surface area contributed by atoms with Crippen molar-refractivity contribution >= 4 is 35.1 Å². The molecule has 3 aromatic carbocycles. The van der Waals surface area contributed by atoms with Gasteiger partial charge in [-0.1, -0.05) is 80.3 Å². The molecule has 44 heavy (non-hydrogen) atoms. The first-order chi connectivity index (χ1) is 21.2. The summed E-state index contributed by atoms with van der Waals surface area (Å²) in [4.78, 5) is 45.1. The lowest BCUT2D eigenvalue weighted by atomic mass is 9.86. The van der Waals surface area contributed by atoms with Crippen LogP contribution in [0.1, 0.15) is 97.8 Å². The second-order valence-electron chi connectivity index (χ2n) is 12.0. The highest BCUT2D eigenvalue weighted by atomic mass is 35.5. The van der Waals surface area contributed by atoms with E-state index in [1.54, 1.807) is 12.1 Å². The van der Waals surface area contributed by atoms with Crippen molar-refractivity contribution in [2.24, 2.45) is 4.99 Å². The Morgan fingerprint density at radius 1 is 0.977 bits per heavy atom. The molecule has 230 valence electrons. The lowest BCUT2D eigenvalue weighted by Crippen LogP contribution is -2.50. The molecule has 1 spiro atoms. The van der Waals surface area contributed by atoms with Gasteiger partial charge >= 0.3 is 5.97 Å². The molecule has 1 atom stereocenters. The van der Waals surface area contributed by atoms with E-state index in [1.165, 1.54) is 0 Å². The number of rotatable bonds is 11. The van der Waals surface area contributed by atoms with Crippen LogP contribution in [-0.4, -0.2) is 45.7 Å². The van der Waals surface area contributed by atoms with Crippen LogP contribution in [0, 0.1) is 6.92 Å². The second-order valence-corrected chi connectivity index (χ2v) is 12.4. The molecule has 1 saturated carbocycles. The Kier molecular flexibility index (Phi) is 9.84. The Bertz CT molecular complexity index is 1520. The summed E-state index contributed by atoms with van der Waals surface area (Å²) in [6, 6.07) is 21.2. The number of carboxylic acid groups (broad SMARTS) is 1. The molecule has 5 rings (SSSR count). The number of carbonyl (C=O) groups is 3. The number of nitrogens with one attached hydrogen (secondary N) is 1. The Morgan fingerprint density at radius 3 is 2.30 bits per heavy atom. The molecule has 7 nitrogen and oxygen atoms in total.